The van der Waals surface area contributed by atoms with Crippen molar-refractivity contribution in [3.8, 4) is 0 Å². The number of alkyl halides is 3. The molecule has 2 N–H and O–H groups in total. The smallest absolute Gasteiger partial charge is 0.330 e. The first-order valence-electron chi connectivity index (χ1n) is 5.31. The maximum atomic E-state index is 12.5. The molecule has 0 bridgehead atoms. The largest absolute Gasteiger partial charge is 0.416 e. The lowest BCUT2D eigenvalue weighted by molar-refractivity contribution is -0.137. The molecular weight excluding hydrogens is 251 g/mol. The highest BCUT2D eigenvalue weighted by atomic mass is 35.5. The van der Waals surface area contributed by atoms with Gasteiger partial charge in [0.25, 0.3) is 0 Å². The summed E-state index contributed by atoms with van der Waals surface area (Å²) in [5, 5.41) is 0. The van der Waals surface area contributed by atoms with Gasteiger partial charge in [-0.05, 0) is 42.9 Å². The molecule has 0 spiro atoms. The molecule has 1 aromatic rings. The zero-order valence-electron chi connectivity index (χ0n) is 9.26. The first kappa shape index (κ1) is 14.3. The van der Waals surface area contributed by atoms with Gasteiger partial charge in [-0.15, -0.1) is 12.4 Å². The first-order chi connectivity index (χ1) is 7.45. The Labute approximate surface area is 105 Å². The number of nitrogens with two attached hydrogens (primary N) is 1. The summed E-state index contributed by atoms with van der Waals surface area (Å²) in [6, 6.07) is 5.54. The Balaban J connectivity index is 0.00000144. The van der Waals surface area contributed by atoms with Crippen LogP contribution < -0.4 is 5.73 Å². The molecule has 1 nitrogen and oxygen atoms in total. The van der Waals surface area contributed by atoms with Gasteiger partial charge in [0.1, 0.15) is 0 Å². The molecule has 1 saturated carbocycles. The van der Waals surface area contributed by atoms with E-state index in [4.69, 9.17) is 5.73 Å². The Morgan fingerprint density at radius 3 is 2.35 bits per heavy atom. The van der Waals surface area contributed by atoms with Crippen LogP contribution >= 0.6 is 12.4 Å². The van der Waals surface area contributed by atoms with Crippen LogP contribution in [0.25, 0.3) is 0 Å². The summed E-state index contributed by atoms with van der Waals surface area (Å²) in [6.07, 6.45) is -1.54. The van der Waals surface area contributed by atoms with Crippen LogP contribution in [-0.4, -0.2) is 6.54 Å². The molecule has 0 saturated heterocycles. The fourth-order valence-electron chi connectivity index (χ4n) is 1.92. The molecule has 0 atom stereocenters. The van der Waals surface area contributed by atoms with Crippen molar-refractivity contribution in [1.82, 2.24) is 0 Å². The van der Waals surface area contributed by atoms with Crippen LogP contribution in [0.2, 0.25) is 0 Å². The third-order valence-corrected chi connectivity index (χ3v) is 3.22. The summed E-state index contributed by atoms with van der Waals surface area (Å²) in [6.45, 7) is 0.559. The lowest BCUT2D eigenvalue weighted by Gasteiger charge is -2.13. The van der Waals surface area contributed by atoms with Gasteiger partial charge in [0, 0.05) is 0 Å². The molecule has 1 aliphatic carbocycles. The lowest BCUT2D eigenvalue weighted by Crippen LogP contribution is -2.18. The van der Waals surface area contributed by atoms with E-state index in [0.717, 1.165) is 24.5 Å². The maximum Gasteiger partial charge on any atom is 0.416 e. The number of halogens is 4. The van der Waals surface area contributed by atoms with Crippen LogP contribution in [0.4, 0.5) is 13.2 Å². The van der Waals surface area contributed by atoms with Crippen LogP contribution in [0.3, 0.4) is 0 Å². The summed E-state index contributed by atoms with van der Waals surface area (Å²) in [4.78, 5) is 0. The molecule has 0 radical (unpaired) electrons. The van der Waals surface area contributed by atoms with E-state index in [1.807, 2.05) is 0 Å². The van der Waals surface area contributed by atoms with E-state index in [0.29, 0.717) is 13.0 Å². The Hall–Kier alpha value is -0.740. The highest BCUT2D eigenvalue weighted by Gasteiger charge is 2.41. The van der Waals surface area contributed by atoms with Crippen molar-refractivity contribution in [2.45, 2.75) is 25.4 Å². The van der Waals surface area contributed by atoms with E-state index >= 15 is 0 Å². The Morgan fingerprint density at radius 1 is 1.24 bits per heavy atom. The first-order valence-corrected chi connectivity index (χ1v) is 5.31. The van der Waals surface area contributed by atoms with Crippen molar-refractivity contribution in [2.75, 3.05) is 6.54 Å². The molecule has 17 heavy (non-hydrogen) atoms. The van der Waals surface area contributed by atoms with Gasteiger partial charge < -0.3 is 5.73 Å². The Bertz CT molecular complexity index is 386. The molecule has 1 fully saturated rings. The maximum absolute atomic E-state index is 12.5. The van der Waals surface area contributed by atoms with E-state index in [1.165, 1.54) is 12.1 Å². The van der Waals surface area contributed by atoms with Crippen molar-refractivity contribution < 1.29 is 13.2 Å². The number of hydrogen-bond donors (Lipinski definition) is 1. The van der Waals surface area contributed by atoms with E-state index in [9.17, 15) is 13.2 Å². The van der Waals surface area contributed by atoms with Gasteiger partial charge in [-0.3, -0.25) is 0 Å². The summed E-state index contributed by atoms with van der Waals surface area (Å²) in [5.74, 6) is 0. The zero-order valence-corrected chi connectivity index (χ0v) is 10.1. The average molecular weight is 266 g/mol. The summed E-state index contributed by atoms with van der Waals surface area (Å²) in [5.41, 5.74) is 5.85. The fraction of sp³-hybridized carbons (Fsp3) is 0.500. The van der Waals surface area contributed by atoms with Gasteiger partial charge >= 0.3 is 6.18 Å². The van der Waals surface area contributed by atoms with Crippen LogP contribution in [0.15, 0.2) is 24.3 Å². The molecule has 1 aromatic carbocycles. The minimum atomic E-state index is -4.25. The van der Waals surface area contributed by atoms with Gasteiger partial charge in [0.2, 0.25) is 0 Å². The summed E-state index contributed by atoms with van der Waals surface area (Å²) in [7, 11) is 0. The Morgan fingerprint density at radius 2 is 1.88 bits per heavy atom. The molecule has 2 rings (SSSR count). The predicted octanol–water partition coefficient (Wildman–Crippen LogP) is 3.41. The minimum absolute atomic E-state index is 0. The second kappa shape index (κ2) is 4.86. The van der Waals surface area contributed by atoms with Crippen molar-refractivity contribution in [3.05, 3.63) is 35.4 Å². The van der Waals surface area contributed by atoms with Crippen molar-refractivity contribution >= 4 is 12.4 Å². The molecule has 5 heteroatoms. The predicted molar refractivity (Wildman–Crippen MR) is 63.1 cm³/mol. The highest BCUT2D eigenvalue weighted by molar-refractivity contribution is 5.85. The van der Waals surface area contributed by atoms with Crippen LogP contribution in [0.1, 0.15) is 24.0 Å². The quantitative estimate of drug-likeness (QED) is 0.891. The minimum Gasteiger partial charge on any atom is -0.330 e. The van der Waals surface area contributed by atoms with Gasteiger partial charge in [-0.25, -0.2) is 0 Å². The van der Waals surface area contributed by atoms with E-state index in [2.05, 4.69) is 0 Å². The van der Waals surface area contributed by atoms with Crippen LogP contribution in [0, 0.1) is 5.41 Å². The van der Waals surface area contributed by atoms with Crippen molar-refractivity contribution in [1.29, 1.82) is 0 Å². The summed E-state index contributed by atoms with van der Waals surface area (Å²) < 4.78 is 37.4. The third-order valence-electron chi connectivity index (χ3n) is 3.22. The van der Waals surface area contributed by atoms with Crippen LogP contribution in [-0.2, 0) is 12.6 Å². The number of hydrogen-bond acceptors (Lipinski definition) is 1. The second-order valence-electron chi connectivity index (χ2n) is 4.58. The molecule has 0 aliphatic heterocycles. The third kappa shape index (κ3) is 3.36. The lowest BCUT2D eigenvalue weighted by atomic mass is 9.95. The molecule has 1 aliphatic rings. The molecule has 0 heterocycles. The van der Waals surface area contributed by atoms with Gasteiger partial charge in [0.15, 0.2) is 0 Å². The molecular formula is C12H15ClF3N. The van der Waals surface area contributed by atoms with Crippen LogP contribution in [0.5, 0.6) is 0 Å². The van der Waals surface area contributed by atoms with Crippen molar-refractivity contribution in [2.24, 2.45) is 11.1 Å². The van der Waals surface area contributed by atoms with E-state index < -0.39 is 11.7 Å². The standard InChI is InChI=1S/C12H14F3N.ClH/c13-12(14,15)10-3-1-2-9(6-10)7-11(8-16)4-5-11;/h1-3,6H,4-5,7-8,16H2;1H. The monoisotopic (exact) mass is 265 g/mol. The molecule has 96 valence electrons. The SMILES string of the molecule is Cl.NCC1(Cc2cccc(C(F)(F)F)c2)CC1. The highest BCUT2D eigenvalue weighted by Crippen LogP contribution is 2.47. The molecule has 0 amide bonds. The number of rotatable bonds is 3. The fourth-order valence-corrected chi connectivity index (χ4v) is 1.92. The zero-order chi connectivity index (χ0) is 11.8. The van der Waals surface area contributed by atoms with Crippen molar-refractivity contribution in [3.63, 3.8) is 0 Å². The van der Waals surface area contributed by atoms with Gasteiger partial charge in [-0.2, -0.15) is 13.2 Å². The molecule has 0 unspecified atom stereocenters. The Kier molecular flexibility index (Phi) is 4.10. The summed E-state index contributed by atoms with van der Waals surface area (Å²) >= 11 is 0. The average Bonchev–Trinajstić information content (AvgIpc) is 2.98. The topological polar surface area (TPSA) is 26.0 Å². The number of benzene rings is 1. The second-order valence-corrected chi connectivity index (χ2v) is 4.58. The van der Waals surface area contributed by atoms with Gasteiger partial charge in [0.05, 0.1) is 5.56 Å². The normalized spacial score (nSPS) is 17.4. The van der Waals surface area contributed by atoms with Gasteiger partial charge in [-0.1, -0.05) is 18.2 Å². The van der Waals surface area contributed by atoms with E-state index in [-0.39, 0.29) is 17.8 Å². The van der Waals surface area contributed by atoms with E-state index in [1.54, 1.807) is 6.07 Å². The molecule has 0 aromatic heterocycles.